The number of carbonyl (C=O) groups excluding carboxylic acids is 1. The van der Waals surface area contributed by atoms with Gasteiger partial charge in [-0.1, -0.05) is 42.5 Å². The summed E-state index contributed by atoms with van der Waals surface area (Å²) in [6.45, 7) is 2.01. The van der Waals surface area contributed by atoms with Crippen LogP contribution in [0.1, 0.15) is 23.4 Å². The van der Waals surface area contributed by atoms with E-state index in [0.29, 0.717) is 26.1 Å². The van der Waals surface area contributed by atoms with Gasteiger partial charge in [0.25, 0.3) is 0 Å². The lowest BCUT2D eigenvalue weighted by Crippen LogP contribution is -2.37. The summed E-state index contributed by atoms with van der Waals surface area (Å²) in [6, 6.07) is 17.9. The van der Waals surface area contributed by atoms with Crippen LogP contribution >= 0.6 is 11.5 Å². The summed E-state index contributed by atoms with van der Waals surface area (Å²) in [7, 11) is 3.31. The molecule has 1 amide bonds. The van der Waals surface area contributed by atoms with E-state index in [2.05, 4.69) is 9.69 Å². The fraction of sp³-hybridized carbons (Fsp3) is 0.348. The lowest BCUT2D eigenvalue weighted by atomic mass is 10.1. The molecule has 0 radical (unpaired) electrons. The molecule has 8 heteroatoms. The van der Waals surface area contributed by atoms with Crippen molar-refractivity contribution >= 4 is 22.6 Å². The predicted octanol–water partition coefficient (Wildman–Crippen LogP) is 3.30. The monoisotopic (exact) mass is 440 g/mol. The maximum Gasteiger partial charge on any atom is 0.239 e. The summed E-state index contributed by atoms with van der Waals surface area (Å²) in [5, 5.41) is 3.68. The first kappa shape index (κ1) is 22.7. The number of methoxy groups -OCH3 is 2. The molecule has 3 aromatic rings. The van der Waals surface area contributed by atoms with E-state index in [9.17, 15) is 4.79 Å². The van der Waals surface area contributed by atoms with Gasteiger partial charge < -0.3 is 19.7 Å². The number of aromatic nitrogens is 2. The average Bonchev–Trinajstić information content (AvgIpc) is 3.25. The summed E-state index contributed by atoms with van der Waals surface area (Å²) in [5.74, 6) is 1.49. The second kappa shape index (κ2) is 12.0. The Balaban J connectivity index is 1.70. The standard InChI is InChI=1S/C23H28N4O3S/c1-29-13-7-12-24-22(28)17-27(16-18-8-4-3-5-9-18)23-25-21(26-31-23)15-19-10-6-11-20(14-19)30-2/h3-6,8-11,14H,7,12-13,15-17H2,1-2H3,(H,24,28). The zero-order valence-corrected chi connectivity index (χ0v) is 18.7. The molecule has 0 aliphatic heterocycles. The normalized spacial score (nSPS) is 10.6. The summed E-state index contributed by atoms with van der Waals surface area (Å²) >= 11 is 1.31. The molecule has 164 valence electrons. The van der Waals surface area contributed by atoms with Gasteiger partial charge in [-0.3, -0.25) is 4.79 Å². The lowest BCUT2D eigenvalue weighted by molar-refractivity contribution is -0.119. The minimum absolute atomic E-state index is 0.0448. The van der Waals surface area contributed by atoms with Gasteiger partial charge in [-0.05, 0) is 29.7 Å². The minimum Gasteiger partial charge on any atom is -0.497 e. The van der Waals surface area contributed by atoms with Gasteiger partial charge in [0, 0.05) is 44.8 Å². The number of hydrogen-bond donors (Lipinski definition) is 1. The third-order valence-electron chi connectivity index (χ3n) is 4.62. The van der Waals surface area contributed by atoms with E-state index < -0.39 is 0 Å². The molecule has 3 rings (SSSR count). The van der Waals surface area contributed by atoms with Gasteiger partial charge in [0.2, 0.25) is 11.0 Å². The van der Waals surface area contributed by atoms with E-state index in [4.69, 9.17) is 14.5 Å². The summed E-state index contributed by atoms with van der Waals surface area (Å²) in [4.78, 5) is 19.2. The van der Waals surface area contributed by atoms with Gasteiger partial charge in [-0.2, -0.15) is 4.37 Å². The zero-order chi connectivity index (χ0) is 21.9. The maximum absolute atomic E-state index is 12.5. The van der Waals surface area contributed by atoms with Crippen LogP contribution in [0.4, 0.5) is 5.13 Å². The molecule has 1 aromatic heterocycles. The highest BCUT2D eigenvalue weighted by molar-refractivity contribution is 7.09. The van der Waals surface area contributed by atoms with Crippen molar-refractivity contribution in [2.45, 2.75) is 19.4 Å². The van der Waals surface area contributed by atoms with Crippen LogP contribution < -0.4 is 15.0 Å². The molecular formula is C23H28N4O3S. The van der Waals surface area contributed by atoms with Crippen LogP contribution in [0.5, 0.6) is 5.75 Å². The number of carbonyl (C=O) groups is 1. The van der Waals surface area contributed by atoms with Gasteiger partial charge in [0.1, 0.15) is 11.6 Å². The minimum atomic E-state index is -0.0448. The van der Waals surface area contributed by atoms with Gasteiger partial charge in [0.05, 0.1) is 13.7 Å². The highest BCUT2D eigenvalue weighted by atomic mass is 32.1. The Morgan fingerprint density at radius 3 is 2.68 bits per heavy atom. The van der Waals surface area contributed by atoms with Crippen LogP contribution in [0, 0.1) is 0 Å². The highest BCUT2D eigenvalue weighted by Crippen LogP contribution is 2.22. The van der Waals surface area contributed by atoms with Crippen molar-refractivity contribution < 1.29 is 14.3 Å². The van der Waals surface area contributed by atoms with Crippen molar-refractivity contribution in [3.8, 4) is 5.75 Å². The van der Waals surface area contributed by atoms with E-state index >= 15 is 0 Å². The van der Waals surface area contributed by atoms with Crippen LogP contribution in [0.3, 0.4) is 0 Å². The van der Waals surface area contributed by atoms with Gasteiger partial charge >= 0.3 is 0 Å². The molecule has 7 nitrogen and oxygen atoms in total. The fourth-order valence-electron chi connectivity index (χ4n) is 3.08. The van der Waals surface area contributed by atoms with E-state index in [-0.39, 0.29) is 12.5 Å². The second-order valence-electron chi connectivity index (χ2n) is 7.06. The largest absolute Gasteiger partial charge is 0.497 e. The second-order valence-corrected chi connectivity index (χ2v) is 7.79. The van der Waals surface area contributed by atoms with Gasteiger partial charge in [0.15, 0.2) is 0 Å². The number of nitrogens with one attached hydrogen (secondary N) is 1. The van der Waals surface area contributed by atoms with E-state index in [1.54, 1.807) is 14.2 Å². The van der Waals surface area contributed by atoms with E-state index in [0.717, 1.165) is 34.3 Å². The topological polar surface area (TPSA) is 76.6 Å². The van der Waals surface area contributed by atoms with Gasteiger partial charge in [-0.25, -0.2) is 4.98 Å². The number of ether oxygens (including phenoxy) is 2. The van der Waals surface area contributed by atoms with E-state index in [1.807, 2.05) is 59.5 Å². The molecule has 1 N–H and O–H groups in total. The Hall–Kier alpha value is -2.97. The lowest BCUT2D eigenvalue weighted by Gasteiger charge is -2.21. The molecule has 2 aromatic carbocycles. The SMILES string of the molecule is COCCCNC(=O)CN(Cc1ccccc1)c1nc(Cc2cccc(OC)c2)ns1. The molecule has 0 fully saturated rings. The number of anilines is 1. The maximum atomic E-state index is 12.5. The van der Waals surface area contributed by atoms with Crippen LogP contribution in [-0.4, -0.2) is 49.2 Å². The van der Waals surface area contributed by atoms with Crippen molar-refractivity contribution in [3.63, 3.8) is 0 Å². The summed E-state index contributed by atoms with van der Waals surface area (Å²) in [6.07, 6.45) is 1.39. The molecule has 0 bridgehead atoms. The number of benzene rings is 2. The molecule has 0 saturated heterocycles. The quantitative estimate of drug-likeness (QED) is 0.436. The molecule has 1 heterocycles. The van der Waals surface area contributed by atoms with Crippen LogP contribution in [0.15, 0.2) is 54.6 Å². The molecule has 0 aliphatic rings. The van der Waals surface area contributed by atoms with Crippen LogP contribution in [0.2, 0.25) is 0 Å². The number of nitrogens with zero attached hydrogens (tertiary/aromatic N) is 3. The molecule has 0 spiro atoms. The zero-order valence-electron chi connectivity index (χ0n) is 17.9. The first-order valence-corrected chi connectivity index (χ1v) is 11.0. The average molecular weight is 441 g/mol. The third kappa shape index (κ3) is 7.34. The van der Waals surface area contributed by atoms with Crippen molar-refractivity contribution in [2.75, 3.05) is 38.8 Å². The number of amides is 1. The Bertz CT molecular complexity index is 949. The molecule has 31 heavy (non-hydrogen) atoms. The smallest absolute Gasteiger partial charge is 0.239 e. The number of rotatable bonds is 12. The Kier molecular flexibility index (Phi) is 8.81. The third-order valence-corrected chi connectivity index (χ3v) is 5.44. The summed E-state index contributed by atoms with van der Waals surface area (Å²) < 4.78 is 14.9. The predicted molar refractivity (Wildman–Crippen MR) is 123 cm³/mol. The highest BCUT2D eigenvalue weighted by Gasteiger charge is 2.17. The molecule has 0 aliphatic carbocycles. The summed E-state index contributed by atoms with van der Waals surface area (Å²) in [5.41, 5.74) is 2.19. The van der Waals surface area contributed by atoms with Crippen LogP contribution in [-0.2, 0) is 22.5 Å². The Labute approximate surface area is 187 Å². The first-order valence-electron chi connectivity index (χ1n) is 10.2. The van der Waals surface area contributed by atoms with Crippen molar-refractivity contribution in [3.05, 3.63) is 71.5 Å². The first-order chi connectivity index (χ1) is 15.2. The van der Waals surface area contributed by atoms with Crippen molar-refractivity contribution in [1.29, 1.82) is 0 Å². The van der Waals surface area contributed by atoms with Gasteiger partial charge in [-0.15, -0.1) is 0 Å². The van der Waals surface area contributed by atoms with Crippen LogP contribution in [0.25, 0.3) is 0 Å². The molecule has 0 atom stereocenters. The molecular weight excluding hydrogens is 412 g/mol. The fourth-order valence-corrected chi connectivity index (χ4v) is 3.76. The van der Waals surface area contributed by atoms with Crippen molar-refractivity contribution in [1.82, 2.24) is 14.7 Å². The number of hydrogen-bond acceptors (Lipinski definition) is 7. The van der Waals surface area contributed by atoms with E-state index in [1.165, 1.54) is 11.5 Å². The Morgan fingerprint density at radius 2 is 1.90 bits per heavy atom. The molecule has 0 saturated carbocycles. The molecule has 0 unspecified atom stereocenters. The Morgan fingerprint density at radius 1 is 1.10 bits per heavy atom. The van der Waals surface area contributed by atoms with Crippen molar-refractivity contribution in [2.24, 2.45) is 0 Å².